The number of hydrogen-bond donors (Lipinski definition) is 0. The summed E-state index contributed by atoms with van der Waals surface area (Å²) in [5, 5.41) is 2.84. The van der Waals surface area contributed by atoms with E-state index in [9.17, 15) is 4.91 Å². The minimum Gasteiger partial charge on any atom is -0.381 e. The first-order chi connectivity index (χ1) is 5.93. The molecule has 1 aliphatic rings. The molecule has 0 radical (unpaired) electrons. The number of unbranched alkanes of at least 4 members (excludes halogenated alkanes) is 1. The molecule has 1 aliphatic heterocycles. The zero-order valence-electron chi connectivity index (χ0n) is 7.50. The molecule has 0 amide bonds. The molecule has 0 aromatic heterocycles. The monoisotopic (exact) mass is 171 g/mol. The molecule has 0 atom stereocenters. The predicted molar refractivity (Wildman–Crippen MR) is 48.1 cm³/mol. The maximum absolute atomic E-state index is 9.79. The number of rotatable bonds is 5. The van der Waals surface area contributed by atoms with Gasteiger partial charge in [-0.3, -0.25) is 0 Å². The smallest absolute Gasteiger partial charge is 0.0811 e. The SMILES string of the molecule is O=NCCCCC1CCOCC1. The van der Waals surface area contributed by atoms with Gasteiger partial charge in [0.15, 0.2) is 0 Å². The van der Waals surface area contributed by atoms with E-state index in [4.69, 9.17) is 4.74 Å². The molecule has 0 aromatic carbocycles. The minimum absolute atomic E-state index is 0.489. The fourth-order valence-electron chi connectivity index (χ4n) is 1.64. The number of nitrogens with zero attached hydrogens (tertiary/aromatic N) is 1. The Morgan fingerprint density at radius 2 is 2.00 bits per heavy atom. The Bertz CT molecular complexity index is 122. The van der Waals surface area contributed by atoms with Crippen molar-refractivity contribution in [2.75, 3.05) is 19.8 Å². The summed E-state index contributed by atoms with van der Waals surface area (Å²) < 4.78 is 5.26. The normalized spacial score (nSPS) is 19.3. The average molecular weight is 171 g/mol. The van der Waals surface area contributed by atoms with Gasteiger partial charge in [0.05, 0.1) is 6.54 Å². The molecule has 0 N–H and O–H groups in total. The Labute approximate surface area is 73.5 Å². The molecule has 3 heteroatoms. The second kappa shape index (κ2) is 6.12. The fraction of sp³-hybridized carbons (Fsp3) is 1.00. The molecule has 12 heavy (non-hydrogen) atoms. The van der Waals surface area contributed by atoms with Crippen LogP contribution >= 0.6 is 0 Å². The van der Waals surface area contributed by atoms with E-state index in [1.807, 2.05) is 0 Å². The van der Waals surface area contributed by atoms with Crippen LogP contribution in [-0.4, -0.2) is 19.8 Å². The summed E-state index contributed by atoms with van der Waals surface area (Å²) in [6.45, 7) is 2.34. The van der Waals surface area contributed by atoms with Crippen molar-refractivity contribution < 1.29 is 4.74 Å². The standard InChI is InChI=1S/C9H17NO2/c11-10-6-2-1-3-9-4-7-12-8-5-9/h9H,1-8H2. The van der Waals surface area contributed by atoms with Crippen molar-refractivity contribution in [2.24, 2.45) is 11.1 Å². The maximum Gasteiger partial charge on any atom is 0.0811 e. The van der Waals surface area contributed by atoms with Gasteiger partial charge in [-0.25, -0.2) is 0 Å². The highest BCUT2D eigenvalue weighted by molar-refractivity contribution is 4.63. The number of nitroso groups, excluding NO2 is 1. The van der Waals surface area contributed by atoms with Gasteiger partial charge in [0, 0.05) is 13.2 Å². The van der Waals surface area contributed by atoms with E-state index in [1.165, 1.54) is 19.3 Å². The van der Waals surface area contributed by atoms with Gasteiger partial charge in [0.2, 0.25) is 0 Å². The van der Waals surface area contributed by atoms with Crippen molar-refractivity contribution in [3.05, 3.63) is 4.91 Å². The molecule has 1 heterocycles. The summed E-state index contributed by atoms with van der Waals surface area (Å²) >= 11 is 0. The van der Waals surface area contributed by atoms with Crippen LogP contribution < -0.4 is 0 Å². The van der Waals surface area contributed by atoms with Crippen molar-refractivity contribution in [3.63, 3.8) is 0 Å². The highest BCUT2D eigenvalue weighted by atomic mass is 16.5. The lowest BCUT2D eigenvalue weighted by Crippen LogP contribution is -2.15. The first kappa shape index (κ1) is 9.65. The quantitative estimate of drug-likeness (QED) is 0.470. The number of hydrogen-bond acceptors (Lipinski definition) is 3. The van der Waals surface area contributed by atoms with Crippen LogP contribution in [0.3, 0.4) is 0 Å². The highest BCUT2D eigenvalue weighted by Crippen LogP contribution is 2.20. The lowest BCUT2D eigenvalue weighted by atomic mass is 9.94. The van der Waals surface area contributed by atoms with E-state index in [0.29, 0.717) is 6.54 Å². The first-order valence-corrected chi connectivity index (χ1v) is 4.80. The van der Waals surface area contributed by atoms with Crippen molar-refractivity contribution >= 4 is 0 Å². The third kappa shape index (κ3) is 3.81. The maximum atomic E-state index is 9.79. The lowest BCUT2D eigenvalue weighted by molar-refractivity contribution is 0.0632. The zero-order valence-corrected chi connectivity index (χ0v) is 7.50. The minimum atomic E-state index is 0.489. The van der Waals surface area contributed by atoms with E-state index in [1.54, 1.807) is 0 Å². The van der Waals surface area contributed by atoms with Crippen LogP contribution in [0.15, 0.2) is 5.18 Å². The largest absolute Gasteiger partial charge is 0.381 e. The third-order valence-corrected chi connectivity index (χ3v) is 2.45. The van der Waals surface area contributed by atoms with Crippen molar-refractivity contribution in [1.82, 2.24) is 0 Å². The van der Waals surface area contributed by atoms with E-state index >= 15 is 0 Å². The van der Waals surface area contributed by atoms with Gasteiger partial charge in [-0.05, 0) is 25.2 Å². The van der Waals surface area contributed by atoms with Crippen LogP contribution in [0.4, 0.5) is 0 Å². The second-order valence-corrected chi connectivity index (χ2v) is 3.40. The summed E-state index contributed by atoms with van der Waals surface area (Å²) in [6.07, 6.45) is 5.76. The van der Waals surface area contributed by atoms with Crippen LogP contribution in [-0.2, 0) is 4.74 Å². The summed E-state index contributed by atoms with van der Waals surface area (Å²) in [7, 11) is 0. The fourth-order valence-corrected chi connectivity index (χ4v) is 1.64. The molecule has 0 bridgehead atoms. The molecular weight excluding hydrogens is 154 g/mol. The van der Waals surface area contributed by atoms with Crippen LogP contribution in [0.1, 0.15) is 32.1 Å². The van der Waals surface area contributed by atoms with E-state index in [-0.39, 0.29) is 0 Å². The van der Waals surface area contributed by atoms with E-state index in [2.05, 4.69) is 5.18 Å². The highest BCUT2D eigenvalue weighted by Gasteiger charge is 2.12. The van der Waals surface area contributed by atoms with Crippen LogP contribution in [0.2, 0.25) is 0 Å². The Morgan fingerprint density at radius 3 is 2.67 bits per heavy atom. The summed E-state index contributed by atoms with van der Waals surface area (Å²) in [4.78, 5) is 9.79. The number of ether oxygens (including phenoxy) is 1. The first-order valence-electron chi connectivity index (χ1n) is 4.80. The molecule has 70 valence electrons. The second-order valence-electron chi connectivity index (χ2n) is 3.40. The Balaban J connectivity index is 1.94. The van der Waals surface area contributed by atoms with Crippen molar-refractivity contribution in [1.29, 1.82) is 0 Å². The summed E-state index contributed by atoms with van der Waals surface area (Å²) in [6, 6.07) is 0. The van der Waals surface area contributed by atoms with Gasteiger partial charge in [-0.1, -0.05) is 18.0 Å². The van der Waals surface area contributed by atoms with Gasteiger partial charge in [-0.2, -0.15) is 4.91 Å². The van der Waals surface area contributed by atoms with E-state index in [0.717, 1.165) is 32.0 Å². The van der Waals surface area contributed by atoms with Crippen LogP contribution in [0, 0.1) is 10.8 Å². The van der Waals surface area contributed by atoms with Crippen LogP contribution in [0.25, 0.3) is 0 Å². The van der Waals surface area contributed by atoms with Crippen LogP contribution in [0.5, 0.6) is 0 Å². The third-order valence-electron chi connectivity index (χ3n) is 2.45. The molecule has 0 spiro atoms. The molecule has 0 aromatic rings. The zero-order chi connectivity index (χ0) is 8.65. The van der Waals surface area contributed by atoms with E-state index < -0.39 is 0 Å². The van der Waals surface area contributed by atoms with Gasteiger partial charge in [0.1, 0.15) is 0 Å². The van der Waals surface area contributed by atoms with Gasteiger partial charge < -0.3 is 4.74 Å². The van der Waals surface area contributed by atoms with Gasteiger partial charge in [0.25, 0.3) is 0 Å². The molecule has 0 unspecified atom stereocenters. The molecule has 0 saturated carbocycles. The molecule has 1 rings (SSSR count). The van der Waals surface area contributed by atoms with Crippen molar-refractivity contribution in [3.8, 4) is 0 Å². The lowest BCUT2D eigenvalue weighted by Gasteiger charge is -2.21. The van der Waals surface area contributed by atoms with Crippen molar-refractivity contribution in [2.45, 2.75) is 32.1 Å². The predicted octanol–water partition coefficient (Wildman–Crippen LogP) is 2.35. The molecule has 1 fully saturated rings. The molecule has 0 aliphatic carbocycles. The molecular formula is C9H17NO2. The summed E-state index contributed by atoms with van der Waals surface area (Å²) in [5.74, 6) is 0.838. The Morgan fingerprint density at radius 1 is 1.25 bits per heavy atom. The average Bonchev–Trinajstić information content (AvgIpc) is 2.14. The van der Waals surface area contributed by atoms with Gasteiger partial charge >= 0.3 is 0 Å². The Kier molecular flexibility index (Phi) is 4.92. The Hall–Kier alpha value is -0.440. The van der Waals surface area contributed by atoms with Gasteiger partial charge in [-0.15, -0.1) is 0 Å². The molecule has 1 saturated heterocycles. The summed E-state index contributed by atoms with van der Waals surface area (Å²) in [5.41, 5.74) is 0. The topological polar surface area (TPSA) is 38.7 Å². The molecule has 3 nitrogen and oxygen atoms in total.